The van der Waals surface area contributed by atoms with Gasteiger partial charge >= 0.3 is 0 Å². The molecule has 1 heterocycles. The third-order valence-corrected chi connectivity index (χ3v) is 7.04. The summed E-state index contributed by atoms with van der Waals surface area (Å²) in [7, 11) is 0. The molecule has 0 saturated carbocycles. The van der Waals surface area contributed by atoms with E-state index in [-0.39, 0.29) is 29.3 Å². The van der Waals surface area contributed by atoms with Gasteiger partial charge in [-0.1, -0.05) is 81.5 Å². The second-order valence-electron chi connectivity index (χ2n) is 9.93. The average molecular weight is 539 g/mol. The van der Waals surface area contributed by atoms with Crippen molar-refractivity contribution < 1.29 is 27.4 Å². The Bertz CT molecular complexity index is 1230. The smallest absolute Gasteiger partial charge is 0.201 e. The van der Waals surface area contributed by atoms with Crippen LogP contribution in [0.3, 0.4) is 0 Å². The van der Waals surface area contributed by atoms with E-state index in [9.17, 15) is 13.2 Å². The first-order valence-electron chi connectivity index (χ1n) is 13.9. The van der Waals surface area contributed by atoms with Gasteiger partial charge in [0.05, 0.1) is 19.8 Å². The zero-order valence-electron chi connectivity index (χ0n) is 22.7. The van der Waals surface area contributed by atoms with Crippen LogP contribution in [-0.4, -0.2) is 26.1 Å². The van der Waals surface area contributed by atoms with Crippen molar-refractivity contribution in [2.24, 2.45) is 0 Å². The summed E-state index contributed by atoms with van der Waals surface area (Å²) in [5, 5.41) is 0. The first-order chi connectivity index (χ1) is 19.0. The van der Waals surface area contributed by atoms with E-state index in [2.05, 4.69) is 6.92 Å². The molecule has 1 fully saturated rings. The molecule has 1 aliphatic rings. The van der Waals surface area contributed by atoms with Crippen molar-refractivity contribution in [3.8, 4) is 28.0 Å². The van der Waals surface area contributed by atoms with E-state index < -0.39 is 11.6 Å². The lowest BCUT2D eigenvalue weighted by Crippen LogP contribution is -2.29. The van der Waals surface area contributed by atoms with Crippen LogP contribution in [0.5, 0.6) is 5.75 Å². The summed E-state index contributed by atoms with van der Waals surface area (Å²) in [6.45, 7) is 5.18. The number of hydrogen-bond acceptors (Lipinski definition) is 3. The standard InChI is InChI=1S/C33H37F3O3/c1-3-5-6-7-8-9-19-37-30-18-17-28(32(35)33(30)36)24-13-11-23(12-14-24)25-15-16-27(29(34)20-25)26-21-38-31(10-4-2)39-22-26/h4,10-18,20,26,31H,3,5-9,19,21-22H2,1-2H3/b10-4+. The van der Waals surface area contributed by atoms with Crippen LogP contribution in [0, 0.1) is 17.5 Å². The number of allylic oxidation sites excluding steroid dienone is 1. The largest absolute Gasteiger partial charge is 0.490 e. The lowest BCUT2D eigenvalue weighted by molar-refractivity contribution is -0.159. The van der Waals surface area contributed by atoms with Crippen LogP contribution in [0.25, 0.3) is 22.3 Å². The molecule has 0 radical (unpaired) electrons. The van der Waals surface area contributed by atoms with Gasteiger partial charge < -0.3 is 14.2 Å². The van der Waals surface area contributed by atoms with Crippen molar-refractivity contribution in [2.75, 3.05) is 19.8 Å². The topological polar surface area (TPSA) is 27.7 Å². The van der Waals surface area contributed by atoms with Crippen LogP contribution in [0.1, 0.15) is 63.9 Å². The quantitative estimate of drug-likeness (QED) is 0.170. The third-order valence-electron chi connectivity index (χ3n) is 7.04. The molecule has 0 spiro atoms. The van der Waals surface area contributed by atoms with Gasteiger partial charge in [-0.25, -0.2) is 8.78 Å². The molecule has 0 amide bonds. The number of rotatable bonds is 12. The fourth-order valence-corrected chi connectivity index (χ4v) is 4.78. The highest BCUT2D eigenvalue weighted by molar-refractivity contribution is 5.71. The van der Waals surface area contributed by atoms with Crippen LogP contribution in [0.15, 0.2) is 66.7 Å². The maximum absolute atomic E-state index is 15.0. The lowest BCUT2D eigenvalue weighted by Gasteiger charge is -2.28. The van der Waals surface area contributed by atoms with Crippen LogP contribution in [0.2, 0.25) is 0 Å². The molecule has 0 aromatic heterocycles. The van der Waals surface area contributed by atoms with E-state index >= 15 is 0 Å². The Hall–Kier alpha value is -3.09. The summed E-state index contributed by atoms with van der Waals surface area (Å²) in [6, 6.07) is 15.1. The minimum absolute atomic E-state index is 0.0666. The Morgan fingerprint density at radius 1 is 0.795 bits per heavy atom. The summed E-state index contributed by atoms with van der Waals surface area (Å²) >= 11 is 0. The van der Waals surface area contributed by atoms with E-state index in [1.165, 1.54) is 37.5 Å². The fraction of sp³-hybridized carbons (Fsp3) is 0.394. The molecule has 0 atom stereocenters. The van der Waals surface area contributed by atoms with E-state index in [0.29, 0.717) is 36.5 Å². The molecule has 4 rings (SSSR count). The number of ether oxygens (including phenoxy) is 3. The first-order valence-corrected chi connectivity index (χ1v) is 13.9. The van der Waals surface area contributed by atoms with Crippen molar-refractivity contribution in [2.45, 2.75) is 64.6 Å². The Labute approximate surface area is 229 Å². The predicted octanol–water partition coefficient (Wildman–Crippen LogP) is 9.21. The van der Waals surface area contributed by atoms with E-state index in [0.717, 1.165) is 24.8 Å². The average Bonchev–Trinajstić information content (AvgIpc) is 2.95. The van der Waals surface area contributed by atoms with E-state index in [1.807, 2.05) is 25.1 Å². The summed E-state index contributed by atoms with van der Waals surface area (Å²) in [6.07, 6.45) is 9.84. The highest BCUT2D eigenvalue weighted by atomic mass is 19.2. The summed E-state index contributed by atoms with van der Waals surface area (Å²) < 4.78 is 61.4. The van der Waals surface area contributed by atoms with E-state index in [4.69, 9.17) is 14.2 Å². The molecule has 3 aromatic carbocycles. The zero-order valence-corrected chi connectivity index (χ0v) is 22.7. The van der Waals surface area contributed by atoms with Crippen molar-refractivity contribution >= 4 is 0 Å². The van der Waals surface area contributed by atoms with Crippen LogP contribution >= 0.6 is 0 Å². The molecule has 3 nitrogen and oxygen atoms in total. The summed E-state index contributed by atoms with van der Waals surface area (Å²) in [5.41, 5.74) is 2.69. The summed E-state index contributed by atoms with van der Waals surface area (Å²) in [5.74, 6) is -2.50. The van der Waals surface area contributed by atoms with Gasteiger partial charge in [-0.15, -0.1) is 0 Å². The number of benzene rings is 3. The molecule has 0 N–H and O–H groups in total. The predicted molar refractivity (Wildman–Crippen MR) is 149 cm³/mol. The zero-order chi connectivity index (χ0) is 27.6. The Morgan fingerprint density at radius 3 is 2.15 bits per heavy atom. The minimum Gasteiger partial charge on any atom is -0.490 e. The fourth-order valence-electron chi connectivity index (χ4n) is 4.78. The highest BCUT2D eigenvalue weighted by Gasteiger charge is 2.24. The third kappa shape index (κ3) is 7.52. The van der Waals surface area contributed by atoms with Crippen LogP contribution < -0.4 is 4.74 Å². The second kappa shape index (κ2) is 14.3. The number of halogens is 3. The number of unbranched alkanes of at least 4 members (excludes halogenated alkanes) is 5. The molecule has 0 unspecified atom stereocenters. The van der Waals surface area contributed by atoms with Gasteiger partial charge in [-0.3, -0.25) is 0 Å². The summed E-state index contributed by atoms with van der Waals surface area (Å²) in [4.78, 5) is 0. The maximum atomic E-state index is 15.0. The van der Waals surface area contributed by atoms with Crippen molar-refractivity contribution in [1.82, 2.24) is 0 Å². The Morgan fingerprint density at radius 2 is 1.46 bits per heavy atom. The molecule has 1 saturated heterocycles. The van der Waals surface area contributed by atoms with Crippen molar-refractivity contribution in [3.05, 3.63) is 89.8 Å². The van der Waals surface area contributed by atoms with Crippen LogP contribution in [-0.2, 0) is 9.47 Å². The Balaban J connectivity index is 1.38. The van der Waals surface area contributed by atoms with E-state index in [1.54, 1.807) is 30.3 Å². The lowest BCUT2D eigenvalue weighted by atomic mass is 9.95. The number of hydrogen-bond donors (Lipinski definition) is 0. The SMILES string of the molecule is C/C=C/C1OCC(c2ccc(-c3ccc(-c4ccc(OCCCCCCCC)c(F)c4F)cc3)cc2F)CO1. The maximum Gasteiger partial charge on any atom is 0.201 e. The van der Waals surface area contributed by atoms with Gasteiger partial charge in [0.15, 0.2) is 17.9 Å². The monoisotopic (exact) mass is 538 g/mol. The van der Waals surface area contributed by atoms with Crippen molar-refractivity contribution in [3.63, 3.8) is 0 Å². The van der Waals surface area contributed by atoms with Gasteiger partial charge in [-0.2, -0.15) is 4.39 Å². The Kier molecular flexibility index (Phi) is 10.6. The van der Waals surface area contributed by atoms with Gasteiger partial charge in [-0.05, 0) is 59.9 Å². The van der Waals surface area contributed by atoms with Gasteiger partial charge in [0.1, 0.15) is 5.82 Å². The molecule has 0 aliphatic carbocycles. The highest BCUT2D eigenvalue weighted by Crippen LogP contribution is 2.33. The molecule has 0 bridgehead atoms. The van der Waals surface area contributed by atoms with Crippen molar-refractivity contribution in [1.29, 1.82) is 0 Å². The molecule has 208 valence electrons. The van der Waals surface area contributed by atoms with Crippen LogP contribution in [0.4, 0.5) is 13.2 Å². The van der Waals surface area contributed by atoms with Gasteiger partial charge in [0.25, 0.3) is 0 Å². The second-order valence-corrected chi connectivity index (χ2v) is 9.93. The molecule has 1 aliphatic heterocycles. The molecule has 39 heavy (non-hydrogen) atoms. The molecule has 6 heteroatoms. The minimum atomic E-state index is -0.979. The normalized spacial score (nSPS) is 17.6. The molecule has 3 aromatic rings. The van der Waals surface area contributed by atoms with Gasteiger partial charge in [0.2, 0.25) is 5.82 Å². The van der Waals surface area contributed by atoms with Gasteiger partial charge in [0, 0.05) is 11.5 Å². The molecular formula is C33H37F3O3. The first kappa shape index (κ1) is 28.9. The molecular weight excluding hydrogens is 501 g/mol.